The van der Waals surface area contributed by atoms with Crippen LogP contribution in [0.2, 0.25) is 0 Å². The second-order valence-corrected chi connectivity index (χ2v) is 35.1. The number of oxazole rings is 1. The van der Waals surface area contributed by atoms with Crippen LogP contribution in [-0.2, 0) is 76.6 Å². The van der Waals surface area contributed by atoms with Gasteiger partial charge in [0.1, 0.15) is 53.8 Å². The summed E-state index contributed by atoms with van der Waals surface area (Å²) in [6, 6.07) is 10.8. The molecule has 4 amide bonds. The first kappa shape index (κ1) is 91.8. The lowest BCUT2D eigenvalue weighted by Gasteiger charge is -2.42. The number of Topliss-reactive ketones (excluding diaryl/α,β-unsaturated/α-hetero) is 2. The van der Waals surface area contributed by atoms with Gasteiger partial charge in [0.2, 0.25) is 17.6 Å². The average molecular weight is 1710 g/mol. The number of nitrogen functional groups attached to an aromatic ring is 2. The highest BCUT2D eigenvalue weighted by Gasteiger charge is 2.53. The van der Waals surface area contributed by atoms with Crippen LogP contribution in [-0.4, -0.2) is 272 Å². The molecular formula is C92H125N15O17. The van der Waals surface area contributed by atoms with E-state index >= 15 is 0 Å². The quantitative estimate of drug-likeness (QED) is 0.0269. The highest BCUT2D eigenvalue weighted by atomic mass is 16.6. The maximum atomic E-state index is 14.9. The van der Waals surface area contributed by atoms with Crippen molar-refractivity contribution in [2.24, 2.45) is 35.5 Å². The van der Waals surface area contributed by atoms with Crippen molar-refractivity contribution in [3.8, 4) is 11.3 Å². The number of cyclic esters (lactones) is 1. The Morgan fingerprint density at radius 2 is 1.51 bits per heavy atom. The minimum atomic E-state index is -2.44. The van der Waals surface area contributed by atoms with Crippen molar-refractivity contribution in [3.63, 3.8) is 0 Å². The molecule has 15 atom stereocenters. The number of methoxy groups -OCH3 is 3. The van der Waals surface area contributed by atoms with E-state index in [0.29, 0.717) is 206 Å². The summed E-state index contributed by atoms with van der Waals surface area (Å²) in [5, 5.41) is 29.5. The fraction of sp³-hybridized carbons (Fsp3) is 0.598. The first-order valence-corrected chi connectivity index (χ1v) is 44.3. The van der Waals surface area contributed by atoms with Crippen molar-refractivity contribution in [1.29, 1.82) is 0 Å². The van der Waals surface area contributed by atoms with Crippen LogP contribution < -0.4 is 16.4 Å². The number of fused-ring (bicyclic) bond motifs is 6. The number of amides is 4. The van der Waals surface area contributed by atoms with Gasteiger partial charge < -0.3 is 83.8 Å². The molecule has 6 aliphatic heterocycles. The number of carbonyl (C=O) groups is 7. The molecule has 7 aliphatic rings. The number of carbonyl (C=O) groups excluding carboxylic acids is 7. The minimum absolute atomic E-state index is 0.0248. The van der Waals surface area contributed by atoms with E-state index in [4.69, 9.17) is 54.1 Å². The van der Waals surface area contributed by atoms with Crippen LogP contribution in [0.1, 0.15) is 165 Å². The molecule has 13 rings (SSSR count). The standard InChI is InChI=1S/C92H125N15O17/c1-56-16-12-11-13-17-58(3)75(117-8)50-69-25-20-62(7)92(116,124-69)83(111)87(113)106-31-15-14-18-71(106)88(114)121-72(26-19-57(2)45-61(6)81(110)82(119-10)80(109)60(5)44-56)59(4)46-63-22-27-74(76(48-63)118-9)123-91(115)104-39-37-102(38-40-104)77(108)30-42-120-43-41-101-33-35-103(36-34-101)90-95-51-68(52-96-90)86(112)105-32-29-65-47-64(21-23-67(65)54-105)53-107-85-78(84(93)97-55-98-85)79(100-107)66-24-28-73-70(49-66)99-89(94)122-73/h11-13,16-17,21,23-24,28,45,47,49,51-52,55-57,59-60,62-63,69,71-72,74-76,81-82,110,116H,14-15,18-20,22,25-27,29-44,46,48,50,53-54H2,1-10H3,(H2,94,99)(H2,93,97,98)/b13-11?,16-12+,58-17?,61-45+/t56-,57+,59-,60-,62-,63+,69+,71+,72+,74-,75+,76-,81-,82+,92-/m1/s1. The number of ether oxygens (including phenoxy) is 7. The van der Waals surface area contributed by atoms with Gasteiger partial charge in [-0.1, -0.05) is 89.3 Å². The van der Waals surface area contributed by atoms with Crippen LogP contribution in [0, 0.1) is 35.5 Å². The molecule has 670 valence electrons. The summed E-state index contributed by atoms with van der Waals surface area (Å²) in [4.78, 5) is 133. The normalized spacial score (nSPS) is 28.3. The molecule has 1 saturated carbocycles. The molecule has 4 aromatic heterocycles. The molecule has 1 aliphatic carbocycles. The molecule has 2 aromatic carbocycles. The Hall–Kier alpha value is -9.93. The predicted octanol–water partition coefficient (Wildman–Crippen LogP) is 9.67. The second-order valence-electron chi connectivity index (χ2n) is 35.1. The molecule has 32 nitrogen and oxygen atoms in total. The third kappa shape index (κ3) is 22.1. The van der Waals surface area contributed by atoms with Crippen LogP contribution in [0.4, 0.5) is 22.6 Å². The zero-order valence-electron chi connectivity index (χ0n) is 73.4. The summed E-state index contributed by atoms with van der Waals surface area (Å²) in [6.07, 6.45) is 18.2. The average Bonchev–Trinajstić information content (AvgIpc) is 1.53. The number of rotatable bonds is 18. The Labute approximate surface area is 725 Å². The lowest BCUT2D eigenvalue weighted by Crippen LogP contribution is -2.61. The minimum Gasteiger partial charge on any atom is -0.461 e. The fourth-order valence-electron chi connectivity index (χ4n) is 18.8. The molecule has 6 N–H and O–H groups in total. The smallest absolute Gasteiger partial charge is 0.410 e. The highest BCUT2D eigenvalue weighted by Crippen LogP contribution is 2.40. The van der Waals surface area contributed by atoms with Crippen molar-refractivity contribution in [1.82, 2.24) is 59.2 Å². The van der Waals surface area contributed by atoms with Gasteiger partial charge in [0, 0.05) is 136 Å². The Morgan fingerprint density at radius 1 is 0.734 bits per heavy atom. The van der Waals surface area contributed by atoms with Crippen LogP contribution in [0.3, 0.4) is 0 Å². The molecule has 6 aromatic rings. The summed E-state index contributed by atoms with van der Waals surface area (Å²) < 4.78 is 50.0. The number of allylic oxidation sites excluding steroid dienone is 6. The first-order chi connectivity index (χ1) is 59.7. The number of aliphatic hydroxyl groups is 2. The predicted molar refractivity (Wildman–Crippen MR) is 464 cm³/mol. The number of hydrogen-bond acceptors (Lipinski definition) is 27. The van der Waals surface area contributed by atoms with Crippen molar-refractivity contribution in [3.05, 3.63) is 125 Å². The highest BCUT2D eigenvalue weighted by molar-refractivity contribution is 6.39. The number of nitrogens with zero attached hydrogens (tertiary/aromatic N) is 13. The number of esters is 1. The van der Waals surface area contributed by atoms with Gasteiger partial charge >= 0.3 is 12.1 Å². The molecule has 0 spiro atoms. The summed E-state index contributed by atoms with van der Waals surface area (Å²) in [6.45, 7) is 20.5. The Kier molecular flexibility index (Phi) is 31.0. The van der Waals surface area contributed by atoms with Gasteiger partial charge in [-0.25, -0.2) is 34.2 Å². The largest absolute Gasteiger partial charge is 0.461 e. The van der Waals surface area contributed by atoms with Crippen molar-refractivity contribution in [2.75, 3.05) is 123 Å². The van der Waals surface area contributed by atoms with Crippen molar-refractivity contribution in [2.45, 2.75) is 212 Å². The second kappa shape index (κ2) is 41.9. The van der Waals surface area contributed by atoms with Crippen molar-refractivity contribution >= 4 is 81.3 Å². The lowest BCUT2D eigenvalue weighted by molar-refractivity contribution is -0.265. The summed E-state index contributed by atoms with van der Waals surface area (Å²) in [5.74, 6) is -6.11. The monoisotopic (exact) mass is 1710 g/mol. The Balaban J connectivity index is 0.541. The van der Waals surface area contributed by atoms with Gasteiger partial charge in [-0.15, -0.1) is 0 Å². The fourth-order valence-corrected chi connectivity index (χ4v) is 18.8. The van der Waals surface area contributed by atoms with E-state index in [0.717, 1.165) is 40.9 Å². The zero-order chi connectivity index (χ0) is 88.0. The van der Waals surface area contributed by atoms with Gasteiger partial charge in [0.15, 0.2) is 17.0 Å². The number of aliphatic hydroxyl groups excluding tert-OH is 1. The van der Waals surface area contributed by atoms with Crippen LogP contribution in [0.15, 0.2) is 107 Å². The first-order valence-electron chi connectivity index (χ1n) is 44.3. The number of hydrogen-bond donors (Lipinski definition) is 4. The van der Waals surface area contributed by atoms with E-state index in [1.165, 1.54) is 18.3 Å². The summed E-state index contributed by atoms with van der Waals surface area (Å²) in [5.41, 5.74) is 20.5. The van der Waals surface area contributed by atoms with Gasteiger partial charge in [0.25, 0.3) is 23.6 Å². The van der Waals surface area contributed by atoms with Gasteiger partial charge in [-0.05, 0) is 167 Å². The van der Waals surface area contributed by atoms with Crippen LogP contribution >= 0.6 is 0 Å². The molecule has 5 fully saturated rings. The number of benzene rings is 2. The maximum Gasteiger partial charge on any atom is 0.410 e. The van der Waals surface area contributed by atoms with E-state index in [1.807, 2.05) is 98.9 Å². The molecule has 4 saturated heterocycles. The number of nitrogens with two attached hydrogens (primary N) is 2. The Morgan fingerprint density at radius 3 is 2.27 bits per heavy atom. The maximum absolute atomic E-state index is 14.9. The Bertz CT molecular complexity index is 4860. The van der Waals surface area contributed by atoms with Gasteiger partial charge in [-0.2, -0.15) is 10.1 Å². The lowest BCUT2D eigenvalue weighted by atomic mass is 9.78. The number of aromatic nitrogens is 7. The molecule has 32 heteroatoms. The third-order valence-corrected chi connectivity index (χ3v) is 26.3. The summed E-state index contributed by atoms with van der Waals surface area (Å²) >= 11 is 0. The van der Waals surface area contributed by atoms with E-state index in [1.54, 1.807) is 56.3 Å². The summed E-state index contributed by atoms with van der Waals surface area (Å²) in [7, 11) is 4.63. The molecule has 0 unspecified atom stereocenters. The third-order valence-electron chi connectivity index (χ3n) is 26.3. The molecule has 10 heterocycles. The van der Waals surface area contributed by atoms with E-state index in [9.17, 15) is 43.8 Å². The molecule has 2 bridgehead atoms. The van der Waals surface area contributed by atoms with Gasteiger partial charge in [0.05, 0.1) is 55.4 Å². The van der Waals surface area contributed by atoms with Gasteiger partial charge in [-0.3, -0.25) is 28.9 Å². The van der Waals surface area contributed by atoms with Crippen LogP contribution in [0.5, 0.6) is 0 Å². The SMILES string of the molecule is CO[C@H]1C[C@@H]2CC[C@@H](C)[C@@](O)(O2)C(=O)C(=O)N2CCCC[C@H]2C(=O)O[C@H]([C@H](C)C[C@@H]2CC[C@@H](OC(=O)N3CCN(C(=O)CCOCCN4CCN(c5ncc(C(=O)N6CCc7cc(Cn8nc(-c9ccc%10oc(N)nc%10c9)c9c(N)ncnc98)ccc7C6)cn5)CC4)CC3)[C@H](OC)C2)CC[C@H](C)/C=C(\C)[C@@H](O)[C@@H](OC)C(=O)[C@H](C)C[C@H](C)/C=C/C=CC=C1C. The number of anilines is 3. The van der Waals surface area contributed by atoms with E-state index in [-0.39, 0.29) is 73.3 Å². The topological polar surface area (TPSA) is 391 Å². The van der Waals surface area contributed by atoms with E-state index < -0.39 is 90.1 Å². The number of piperazine rings is 2. The van der Waals surface area contributed by atoms with E-state index in [2.05, 4.69) is 46.9 Å². The number of ketones is 2. The zero-order valence-corrected chi connectivity index (χ0v) is 73.4. The molecular weight excluding hydrogens is 1590 g/mol. The number of piperidine rings is 1. The van der Waals surface area contributed by atoms with Crippen LogP contribution in [0.25, 0.3) is 33.4 Å². The molecule has 124 heavy (non-hydrogen) atoms. The molecule has 0 radical (unpaired) electrons. The van der Waals surface area contributed by atoms with Crippen molar-refractivity contribution < 1.29 is 81.4 Å².